The number of aromatic nitrogens is 1. The molecule has 0 atom stereocenters. The Morgan fingerprint density at radius 2 is 1.76 bits per heavy atom. The highest BCUT2D eigenvalue weighted by molar-refractivity contribution is 5.41. The topological polar surface area (TPSA) is 17.4 Å². The Hall–Kier alpha value is -1.65. The zero-order valence-corrected chi connectivity index (χ0v) is 12.6. The number of nitrogens with zero attached hydrogens (tertiary/aromatic N) is 2. The molecule has 1 aliphatic rings. The number of hydrogen-bond acceptors (Lipinski definition) is 2. The second-order valence-corrected chi connectivity index (χ2v) is 5.60. The van der Waals surface area contributed by atoms with Gasteiger partial charge in [0.2, 0.25) is 0 Å². The third-order valence-corrected chi connectivity index (χ3v) is 4.12. The number of aryl methyl sites for hydroxylation is 1. The predicted octanol–water partition coefficient (Wildman–Crippen LogP) is 3.07. The number of ether oxygens (including phenoxy) is 1. The van der Waals surface area contributed by atoms with Gasteiger partial charge in [0.25, 0.3) is 0 Å². The van der Waals surface area contributed by atoms with Crippen LogP contribution in [0.25, 0.3) is 5.69 Å². The zero-order valence-electron chi connectivity index (χ0n) is 12.6. The quantitative estimate of drug-likeness (QED) is 0.863. The Kier molecular flexibility index (Phi) is 4.08. The van der Waals surface area contributed by atoms with Gasteiger partial charge in [0.05, 0.1) is 13.2 Å². The fourth-order valence-electron chi connectivity index (χ4n) is 2.98. The van der Waals surface area contributed by atoms with Gasteiger partial charge in [0.1, 0.15) is 5.82 Å². The van der Waals surface area contributed by atoms with Crippen molar-refractivity contribution in [3.63, 3.8) is 0 Å². The van der Waals surface area contributed by atoms with Gasteiger partial charge in [-0.05, 0) is 49.7 Å². The van der Waals surface area contributed by atoms with Gasteiger partial charge >= 0.3 is 0 Å². The van der Waals surface area contributed by atoms with E-state index in [-0.39, 0.29) is 5.82 Å². The van der Waals surface area contributed by atoms with Crippen LogP contribution < -0.4 is 0 Å². The van der Waals surface area contributed by atoms with E-state index in [1.54, 1.807) is 0 Å². The lowest BCUT2D eigenvalue weighted by atomic mass is 10.2. The van der Waals surface area contributed by atoms with Crippen molar-refractivity contribution < 1.29 is 9.13 Å². The number of rotatable bonds is 3. The minimum atomic E-state index is -0.199. The van der Waals surface area contributed by atoms with E-state index < -0.39 is 0 Å². The molecule has 0 amide bonds. The van der Waals surface area contributed by atoms with Gasteiger partial charge in [0, 0.05) is 36.7 Å². The SMILES string of the molecule is Cc1cc(CN2CCOCC2)c(C)n1-c1ccc(F)cc1. The summed E-state index contributed by atoms with van der Waals surface area (Å²) in [5.41, 5.74) is 4.76. The first-order valence-electron chi connectivity index (χ1n) is 7.39. The Bertz CT molecular complexity index is 612. The monoisotopic (exact) mass is 288 g/mol. The first kappa shape index (κ1) is 14.3. The van der Waals surface area contributed by atoms with Crippen molar-refractivity contribution in [3.05, 3.63) is 53.1 Å². The highest BCUT2D eigenvalue weighted by Gasteiger charge is 2.15. The van der Waals surface area contributed by atoms with E-state index >= 15 is 0 Å². The van der Waals surface area contributed by atoms with Crippen LogP contribution in [0.1, 0.15) is 17.0 Å². The molecule has 1 aromatic heterocycles. The van der Waals surface area contributed by atoms with Crippen LogP contribution in [0.2, 0.25) is 0 Å². The smallest absolute Gasteiger partial charge is 0.123 e. The molecule has 1 fully saturated rings. The van der Waals surface area contributed by atoms with E-state index in [2.05, 4.69) is 29.4 Å². The average Bonchev–Trinajstić information content (AvgIpc) is 2.76. The molecule has 2 aromatic rings. The molecule has 0 saturated carbocycles. The summed E-state index contributed by atoms with van der Waals surface area (Å²) in [5.74, 6) is -0.199. The Morgan fingerprint density at radius 1 is 1.10 bits per heavy atom. The van der Waals surface area contributed by atoms with Crippen molar-refractivity contribution in [3.8, 4) is 5.69 Å². The molecule has 21 heavy (non-hydrogen) atoms. The standard InChI is InChI=1S/C17H21FN2O/c1-13-11-15(12-19-7-9-21-10-8-19)14(2)20(13)17-5-3-16(18)4-6-17/h3-6,11H,7-10,12H2,1-2H3. The van der Waals surface area contributed by atoms with Gasteiger partial charge in [0.15, 0.2) is 0 Å². The Balaban J connectivity index is 1.87. The molecule has 0 unspecified atom stereocenters. The lowest BCUT2D eigenvalue weighted by molar-refractivity contribution is 0.0341. The van der Waals surface area contributed by atoms with E-state index in [1.165, 1.54) is 29.1 Å². The molecule has 0 bridgehead atoms. The van der Waals surface area contributed by atoms with Crippen LogP contribution in [0.3, 0.4) is 0 Å². The molecule has 0 N–H and O–H groups in total. The maximum Gasteiger partial charge on any atom is 0.123 e. The second kappa shape index (κ2) is 6.00. The summed E-state index contributed by atoms with van der Waals surface area (Å²) in [6.45, 7) is 8.78. The van der Waals surface area contributed by atoms with Gasteiger partial charge < -0.3 is 9.30 Å². The number of morpholine rings is 1. The van der Waals surface area contributed by atoms with Crippen LogP contribution in [-0.2, 0) is 11.3 Å². The number of benzene rings is 1. The molecule has 112 valence electrons. The van der Waals surface area contributed by atoms with Crippen LogP contribution in [0.15, 0.2) is 30.3 Å². The molecular formula is C17H21FN2O. The lowest BCUT2D eigenvalue weighted by Gasteiger charge is -2.26. The van der Waals surface area contributed by atoms with Crippen LogP contribution >= 0.6 is 0 Å². The van der Waals surface area contributed by atoms with E-state index in [0.29, 0.717) is 0 Å². The second-order valence-electron chi connectivity index (χ2n) is 5.60. The summed E-state index contributed by atoms with van der Waals surface area (Å²) in [4.78, 5) is 2.42. The maximum atomic E-state index is 13.1. The molecule has 1 aromatic carbocycles. The largest absolute Gasteiger partial charge is 0.379 e. The maximum absolute atomic E-state index is 13.1. The van der Waals surface area contributed by atoms with Crippen molar-refractivity contribution in [2.75, 3.05) is 26.3 Å². The number of halogens is 1. The molecule has 4 heteroatoms. The van der Waals surface area contributed by atoms with Gasteiger partial charge in [-0.15, -0.1) is 0 Å². The van der Waals surface area contributed by atoms with E-state index in [0.717, 1.165) is 38.5 Å². The molecular weight excluding hydrogens is 267 g/mol. The summed E-state index contributed by atoms with van der Waals surface area (Å²) in [5, 5.41) is 0. The first-order chi connectivity index (χ1) is 10.1. The average molecular weight is 288 g/mol. The third kappa shape index (κ3) is 3.01. The predicted molar refractivity (Wildman–Crippen MR) is 81.3 cm³/mol. The Labute approximate surface area is 124 Å². The van der Waals surface area contributed by atoms with Crippen LogP contribution in [-0.4, -0.2) is 35.8 Å². The highest BCUT2D eigenvalue weighted by atomic mass is 19.1. The lowest BCUT2D eigenvalue weighted by Crippen LogP contribution is -2.35. The minimum Gasteiger partial charge on any atom is -0.379 e. The molecule has 3 nitrogen and oxygen atoms in total. The normalized spacial score (nSPS) is 16.3. The summed E-state index contributed by atoms with van der Waals surface area (Å²) in [6.07, 6.45) is 0. The van der Waals surface area contributed by atoms with Crippen LogP contribution in [0.4, 0.5) is 4.39 Å². The molecule has 0 radical (unpaired) electrons. The summed E-state index contributed by atoms with van der Waals surface area (Å²) >= 11 is 0. The summed E-state index contributed by atoms with van der Waals surface area (Å²) in [7, 11) is 0. The van der Waals surface area contributed by atoms with Gasteiger partial charge in [-0.2, -0.15) is 0 Å². The van der Waals surface area contributed by atoms with Crippen LogP contribution in [0, 0.1) is 19.7 Å². The van der Waals surface area contributed by atoms with Gasteiger partial charge in [-0.3, -0.25) is 4.90 Å². The molecule has 3 rings (SSSR count). The van der Waals surface area contributed by atoms with Crippen molar-refractivity contribution in [1.29, 1.82) is 0 Å². The molecule has 0 spiro atoms. The number of hydrogen-bond donors (Lipinski definition) is 0. The van der Waals surface area contributed by atoms with Gasteiger partial charge in [-0.1, -0.05) is 0 Å². The van der Waals surface area contributed by atoms with Crippen molar-refractivity contribution in [2.45, 2.75) is 20.4 Å². The first-order valence-corrected chi connectivity index (χ1v) is 7.39. The van der Waals surface area contributed by atoms with E-state index in [1.807, 2.05) is 12.1 Å². The molecule has 1 aliphatic heterocycles. The molecule has 2 heterocycles. The van der Waals surface area contributed by atoms with Gasteiger partial charge in [-0.25, -0.2) is 4.39 Å². The van der Waals surface area contributed by atoms with Crippen LogP contribution in [0.5, 0.6) is 0 Å². The third-order valence-electron chi connectivity index (χ3n) is 4.12. The Morgan fingerprint density at radius 3 is 2.43 bits per heavy atom. The van der Waals surface area contributed by atoms with E-state index in [4.69, 9.17) is 4.74 Å². The van der Waals surface area contributed by atoms with Crippen molar-refractivity contribution in [2.24, 2.45) is 0 Å². The zero-order chi connectivity index (χ0) is 14.8. The van der Waals surface area contributed by atoms with E-state index in [9.17, 15) is 4.39 Å². The minimum absolute atomic E-state index is 0.199. The molecule has 0 aliphatic carbocycles. The fourth-order valence-corrected chi connectivity index (χ4v) is 2.98. The fraction of sp³-hybridized carbons (Fsp3) is 0.412. The summed E-state index contributed by atoms with van der Waals surface area (Å²) in [6, 6.07) is 8.90. The summed E-state index contributed by atoms with van der Waals surface area (Å²) < 4.78 is 20.7. The highest BCUT2D eigenvalue weighted by Crippen LogP contribution is 2.22. The molecule has 1 saturated heterocycles. The van der Waals surface area contributed by atoms with Crippen molar-refractivity contribution in [1.82, 2.24) is 9.47 Å². The van der Waals surface area contributed by atoms with Crippen molar-refractivity contribution >= 4 is 0 Å².